The fraction of sp³-hybridized carbons (Fsp3) is 0.379. The van der Waals surface area contributed by atoms with Gasteiger partial charge >= 0.3 is 12.1 Å². The van der Waals surface area contributed by atoms with Gasteiger partial charge in [-0.25, -0.2) is 4.79 Å². The van der Waals surface area contributed by atoms with Gasteiger partial charge in [0, 0.05) is 18.3 Å². The summed E-state index contributed by atoms with van der Waals surface area (Å²) in [6.45, 7) is 7.37. The molecule has 37 heavy (non-hydrogen) atoms. The molecule has 2 amide bonds. The molecule has 0 saturated carbocycles. The standard InChI is InChI=1S/C21H29N3O5.C8H10/c1-4-6-12-22-17(5-2)13-18(19(25)23-15(3)20(26)27)24-21(28)29-14-16-10-8-7-9-11-16;1-2-8-6-4-3-5-7-8/h5,7-12,15,18H,4,6,13-14H2,1-3H3,(H,23,25)(H,24,28)(H,26,27);3-7H,2H2,1H3/b17-5-,22-12?;. The monoisotopic (exact) mass is 509 g/mol. The van der Waals surface area contributed by atoms with Gasteiger partial charge in [0.2, 0.25) is 5.91 Å². The highest BCUT2D eigenvalue weighted by molar-refractivity contribution is 5.89. The highest BCUT2D eigenvalue weighted by Gasteiger charge is 2.25. The summed E-state index contributed by atoms with van der Waals surface area (Å²) in [6, 6.07) is 17.5. The van der Waals surface area contributed by atoms with Crippen LogP contribution in [0.25, 0.3) is 0 Å². The van der Waals surface area contributed by atoms with E-state index in [1.165, 1.54) is 12.5 Å². The van der Waals surface area contributed by atoms with Crippen molar-refractivity contribution in [2.24, 2.45) is 4.99 Å². The first kappa shape index (κ1) is 31.1. The number of hydrogen-bond acceptors (Lipinski definition) is 5. The summed E-state index contributed by atoms with van der Waals surface area (Å²) >= 11 is 0. The predicted molar refractivity (Wildman–Crippen MR) is 146 cm³/mol. The zero-order valence-electron chi connectivity index (χ0n) is 22.1. The first-order valence-corrected chi connectivity index (χ1v) is 12.5. The van der Waals surface area contributed by atoms with Crippen LogP contribution in [0.2, 0.25) is 0 Å². The number of aryl methyl sites for hydroxylation is 1. The molecule has 0 spiro atoms. The molecule has 0 fully saturated rings. The number of carboxylic acid groups (broad SMARTS) is 1. The molecule has 8 nitrogen and oxygen atoms in total. The Bertz CT molecular complexity index is 1010. The Hall–Kier alpha value is -3.94. The Morgan fingerprint density at radius 1 is 0.973 bits per heavy atom. The zero-order chi connectivity index (χ0) is 27.5. The fourth-order valence-electron chi connectivity index (χ4n) is 2.97. The number of hydrogen-bond donors (Lipinski definition) is 3. The van der Waals surface area contributed by atoms with Crippen LogP contribution in [0.4, 0.5) is 4.79 Å². The van der Waals surface area contributed by atoms with Crippen LogP contribution in [0.5, 0.6) is 0 Å². The maximum absolute atomic E-state index is 12.5. The van der Waals surface area contributed by atoms with Crippen molar-refractivity contribution in [3.05, 3.63) is 83.6 Å². The van der Waals surface area contributed by atoms with Gasteiger partial charge in [-0.15, -0.1) is 0 Å². The van der Waals surface area contributed by atoms with Gasteiger partial charge in [-0.1, -0.05) is 87.0 Å². The number of nitrogens with one attached hydrogen (secondary N) is 2. The van der Waals surface area contributed by atoms with E-state index in [2.05, 4.69) is 46.8 Å². The summed E-state index contributed by atoms with van der Waals surface area (Å²) in [5, 5.41) is 13.9. The van der Waals surface area contributed by atoms with E-state index in [1.54, 1.807) is 19.2 Å². The molecule has 0 aromatic heterocycles. The van der Waals surface area contributed by atoms with Crippen molar-refractivity contribution in [1.29, 1.82) is 0 Å². The third-order valence-corrected chi connectivity index (χ3v) is 5.22. The minimum absolute atomic E-state index is 0.0532. The summed E-state index contributed by atoms with van der Waals surface area (Å²) in [7, 11) is 0. The van der Waals surface area contributed by atoms with Crippen LogP contribution < -0.4 is 10.6 Å². The van der Waals surface area contributed by atoms with Crippen molar-refractivity contribution in [3.8, 4) is 0 Å². The number of alkyl carbamates (subject to hydrolysis) is 1. The summed E-state index contributed by atoms with van der Waals surface area (Å²) in [4.78, 5) is 40.1. The first-order valence-electron chi connectivity index (χ1n) is 12.5. The predicted octanol–water partition coefficient (Wildman–Crippen LogP) is 5.28. The number of benzene rings is 2. The normalized spacial score (nSPS) is 12.6. The second-order valence-electron chi connectivity index (χ2n) is 8.25. The molecule has 0 saturated heterocycles. The van der Waals surface area contributed by atoms with E-state index >= 15 is 0 Å². The summed E-state index contributed by atoms with van der Waals surface area (Å²) in [5.41, 5.74) is 2.82. The summed E-state index contributed by atoms with van der Waals surface area (Å²) < 4.78 is 5.17. The number of aliphatic imine (C=N–C) groups is 1. The Kier molecular flexibility index (Phi) is 15.4. The minimum atomic E-state index is -1.17. The van der Waals surface area contributed by atoms with E-state index in [9.17, 15) is 14.4 Å². The average molecular weight is 510 g/mol. The molecule has 0 aliphatic heterocycles. The van der Waals surface area contributed by atoms with E-state index in [4.69, 9.17) is 9.84 Å². The second-order valence-corrected chi connectivity index (χ2v) is 8.25. The van der Waals surface area contributed by atoms with Crippen molar-refractivity contribution in [2.45, 2.75) is 72.1 Å². The van der Waals surface area contributed by atoms with E-state index in [1.807, 2.05) is 43.3 Å². The van der Waals surface area contributed by atoms with E-state index in [0.717, 1.165) is 24.8 Å². The maximum Gasteiger partial charge on any atom is 0.408 e. The van der Waals surface area contributed by atoms with Crippen LogP contribution in [0, 0.1) is 0 Å². The van der Waals surface area contributed by atoms with Crippen LogP contribution >= 0.6 is 0 Å². The van der Waals surface area contributed by atoms with Crippen molar-refractivity contribution in [2.75, 3.05) is 0 Å². The molecule has 0 bridgehead atoms. The van der Waals surface area contributed by atoms with Gasteiger partial charge in [0.1, 0.15) is 18.7 Å². The van der Waals surface area contributed by atoms with Gasteiger partial charge in [-0.05, 0) is 37.8 Å². The number of aliphatic carboxylic acids is 1. The molecule has 2 aromatic carbocycles. The minimum Gasteiger partial charge on any atom is -0.480 e. The van der Waals surface area contributed by atoms with Gasteiger partial charge < -0.3 is 20.5 Å². The number of nitrogens with zero attached hydrogens (tertiary/aromatic N) is 1. The van der Waals surface area contributed by atoms with Crippen LogP contribution in [0.15, 0.2) is 77.4 Å². The number of unbranched alkanes of at least 4 members (excludes halogenated alkanes) is 1. The van der Waals surface area contributed by atoms with Crippen molar-refractivity contribution in [3.63, 3.8) is 0 Å². The van der Waals surface area contributed by atoms with Gasteiger partial charge in [0.15, 0.2) is 0 Å². The molecule has 2 aromatic rings. The Labute approximate surface area is 219 Å². The van der Waals surface area contributed by atoms with E-state index in [0.29, 0.717) is 5.70 Å². The highest BCUT2D eigenvalue weighted by Crippen LogP contribution is 2.09. The van der Waals surface area contributed by atoms with Crippen molar-refractivity contribution >= 4 is 24.2 Å². The van der Waals surface area contributed by atoms with Crippen LogP contribution in [-0.2, 0) is 27.4 Å². The molecule has 0 aliphatic carbocycles. The maximum atomic E-state index is 12.5. The Morgan fingerprint density at radius 3 is 2.05 bits per heavy atom. The lowest BCUT2D eigenvalue weighted by atomic mass is 10.1. The largest absolute Gasteiger partial charge is 0.480 e. The molecule has 200 valence electrons. The van der Waals surface area contributed by atoms with Gasteiger partial charge in [0.25, 0.3) is 0 Å². The number of allylic oxidation sites excluding steroid dienone is 1. The number of amides is 2. The average Bonchev–Trinajstić information content (AvgIpc) is 2.92. The summed E-state index contributed by atoms with van der Waals surface area (Å²) in [5.74, 6) is -1.79. The second kappa shape index (κ2) is 18.3. The van der Waals surface area contributed by atoms with Crippen molar-refractivity contribution in [1.82, 2.24) is 10.6 Å². The fourth-order valence-corrected chi connectivity index (χ4v) is 2.97. The summed E-state index contributed by atoms with van der Waals surface area (Å²) in [6.07, 6.45) is 5.68. The van der Waals surface area contributed by atoms with Crippen molar-refractivity contribution < 1.29 is 24.2 Å². The third-order valence-electron chi connectivity index (χ3n) is 5.22. The molecular weight excluding hydrogens is 470 g/mol. The molecule has 0 heterocycles. The zero-order valence-corrected chi connectivity index (χ0v) is 22.1. The number of carbonyl (C=O) groups excluding carboxylic acids is 2. The molecule has 2 rings (SSSR count). The quantitative estimate of drug-likeness (QED) is 0.336. The lowest BCUT2D eigenvalue weighted by Gasteiger charge is -2.20. The molecule has 3 N–H and O–H groups in total. The van der Waals surface area contributed by atoms with E-state index in [-0.39, 0.29) is 13.0 Å². The Morgan fingerprint density at radius 2 is 1.57 bits per heavy atom. The van der Waals surface area contributed by atoms with Crippen LogP contribution in [-0.4, -0.2) is 41.4 Å². The van der Waals surface area contributed by atoms with Crippen LogP contribution in [0.1, 0.15) is 58.1 Å². The Balaban J connectivity index is 0.000000722. The van der Waals surface area contributed by atoms with Gasteiger partial charge in [-0.2, -0.15) is 0 Å². The SMILES string of the molecule is C/C=C(/CC(NC(=O)OCc1ccccc1)C(=O)NC(C)C(=O)O)N=CCCC.CCc1ccccc1. The molecule has 2 unspecified atom stereocenters. The van der Waals surface area contributed by atoms with Gasteiger partial charge in [0.05, 0.1) is 0 Å². The smallest absolute Gasteiger partial charge is 0.408 e. The number of carboxylic acids is 1. The number of rotatable bonds is 12. The highest BCUT2D eigenvalue weighted by atomic mass is 16.5. The number of carbonyl (C=O) groups is 3. The lowest BCUT2D eigenvalue weighted by Crippen LogP contribution is -2.51. The van der Waals surface area contributed by atoms with Crippen LogP contribution in [0.3, 0.4) is 0 Å². The van der Waals surface area contributed by atoms with Gasteiger partial charge in [-0.3, -0.25) is 14.6 Å². The topological polar surface area (TPSA) is 117 Å². The first-order chi connectivity index (χ1) is 17.8. The molecular formula is C29H39N3O5. The molecule has 2 atom stereocenters. The molecule has 0 aliphatic rings. The number of ether oxygens (including phenoxy) is 1. The lowest BCUT2D eigenvalue weighted by molar-refractivity contribution is -0.141. The van der Waals surface area contributed by atoms with E-state index < -0.39 is 30.1 Å². The third kappa shape index (κ3) is 13.7. The molecule has 8 heteroatoms. The molecule has 0 radical (unpaired) electrons.